The third kappa shape index (κ3) is 9.56. The van der Waals surface area contributed by atoms with Crippen LogP contribution in [0.25, 0.3) is 0 Å². The standard InChI is InChI=1S/C14H15NO4.C4H4O4/c16-13(11-4-2-1-3-5-11)18-10-19-14(17)12-6-8-15-9-7-12;5-3(6)1-2-4(7)8/h1-6,15H,7-10H2;1-2H,(H,5,6)(H,7,8)/b;2-1+. The first-order valence-electron chi connectivity index (χ1n) is 7.83. The highest BCUT2D eigenvalue weighted by molar-refractivity contribution is 5.90. The first kappa shape index (κ1) is 21.6. The molecule has 0 spiro atoms. The Bertz CT molecular complexity index is 708. The number of carboxylic acid groups (broad SMARTS) is 2. The number of carbonyl (C=O) groups is 4. The fraction of sp³-hybridized carbons (Fsp3) is 0.222. The van der Waals surface area contributed by atoms with Crippen LogP contribution in [0.4, 0.5) is 0 Å². The van der Waals surface area contributed by atoms with Crippen molar-refractivity contribution in [2.24, 2.45) is 0 Å². The van der Waals surface area contributed by atoms with E-state index in [9.17, 15) is 19.2 Å². The molecule has 2 rings (SSSR count). The molecule has 27 heavy (non-hydrogen) atoms. The van der Waals surface area contributed by atoms with Crippen LogP contribution in [0.15, 0.2) is 54.1 Å². The fourth-order valence-corrected chi connectivity index (χ4v) is 1.84. The Morgan fingerprint density at radius 3 is 2.07 bits per heavy atom. The van der Waals surface area contributed by atoms with Crippen molar-refractivity contribution in [3.05, 3.63) is 59.7 Å². The monoisotopic (exact) mass is 377 g/mol. The summed E-state index contributed by atoms with van der Waals surface area (Å²) in [7, 11) is 0. The topological polar surface area (TPSA) is 139 Å². The van der Waals surface area contributed by atoms with Gasteiger partial charge >= 0.3 is 23.9 Å². The largest absolute Gasteiger partial charge is 0.478 e. The van der Waals surface area contributed by atoms with Crippen molar-refractivity contribution in [3.8, 4) is 0 Å². The van der Waals surface area contributed by atoms with Gasteiger partial charge in [-0.15, -0.1) is 0 Å². The summed E-state index contributed by atoms with van der Waals surface area (Å²) in [6, 6.07) is 8.56. The number of nitrogens with one attached hydrogen (secondary N) is 1. The van der Waals surface area contributed by atoms with E-state index in [2.05, 4.69) is 5.32 Å². The minimum Gasteiger partial charge on any atom is -0.478 e. The zero-order chi connectivity index (χ0) is 20.1. The number of ether oxygens (including phenoxy) is 2. The van der Waals surface area contributed by atoms with E-state index in [1.807, 2.05) is 0 Å². The first-order valence-corrected chi connectivity index (χ1v) is 7.83. The van der Waals surface area contributed by atoms with Gasteiger partial charge in [0.2, 0.25) is 6.79 Å². The van der Waals surface area contributed by atoms with Crippen molar-refractivity contribution < 1.29 is 38.9 Å². The van der Waals surface area contributed by atoms with Crippen LogP contribution in [-0.2, 0) is 23.9 Å². The number of esters is 2. The van der Waals surface area contributed by atoms with Crippen molar-refractivity contribution in [2.45, 2.75) is 6.42 Å². The van der Waals surface area contributed by atoms with Crippen LogP contribution in [0.5, 0.6) is 0 Å². The van der Waals surface area contributed by atoms with Gasteiger partial charge in [0.1, 0.15) is 0 Å². The molecule has 0 aliphatic carbocycles. The average molecular weight is 377 g/mol. The Labute approximate surface area is 154 Å². The van der Waals surface area contributed by atoms with Crippen LogP contribution in [0.1, 0.15) is 16.8 Å². The third-order valence-electron chi connectivity index (χ3n) is 3.08. The molecule has 0 saturated carbocycles. The molecule has 0 saturated heterocycles. The molecule has 1 aromatic rings. The van der Waals surface area contributed by atoms with Crippen molar-refractivity contribution in [1.29, 1.82) is 0 Å². The quantitative estimate of drug-likeness (QED) is 0.376. The highest BCUT2D eigenvalue weighted by Gasteiger charge is 2.14. The normalized spacial score (nSPS) is 13.0. The highest BCUT2D eigenvalue weighted by atomic mass is 16.7. The Balaban J connectivity index is 0.000000387. The molecule has 1 aliphatic rings. The molecular weight excluding hydrogens is 358 g/mol. The number of aliphatic carboxylic acids is 2. The van der Waals surface area contributed by atoms with Gasteiger partial charge in [0.15, 0.2) is 0 Å². The lowest BCUT2D eigenvalue weighted by Gasteiger charge is -2.13. The van der Waals surface area contributed by atoms with Crippen LogP contribution in [0.3, 0.4) is 0 Å². The Kier molecular flexibility index (Phi) is 9.58. The van der Waals surface area contributed by atoms with Gasteiger partial charge in [0.25, 0.3) is 0 Å². The number of benzene rings is 1. The second-order valence-corrected chi connectivity index (χ2v) is 5.04. The minimum absolute atomic E-state index is 0.364. The number of carbonyl (C=O) groups excluding carboxylic acids is 2. The lowest BCUT2D eigenvalue weighted by atomic mass is 10.1. The summed E-state index contributed by atoms with van der Waals surface area (Å²) in [4.78, 5) is 42.3. The summed E-state index contributed by atoms with van der Waals surface area (Å²) < 4.78 is 9.76. The summed E-state index contributed by atoms with van der Waals surface area (Å²) in [5.41, 5.74) is 1.05. The molecule has 0 fully saturated rings. The van der Waals surface area contributed by atoms with E-state index >= 15 is 0 Å². The van der Waals surface area contributed by atoms with Crippen LogP contribution in [0, 0.1) is 0 Å². The maximum Gasteiger partial charge on any atom is 0.340 e. The molecule has 9 heteroatoms. The van der Waals surface area contributed by atoms with Crippen molar-refractivity contribution in [2.75, 3.05) is 19.9 Å². The van der Waals surface area contributed by atoms with Crippen LogP contribution in [0.2, 0.25) is 0 Å². The number of rotatable bonds is 6. The predicted octanol–water partition coefficient (Wildman–Crippen LogP) is 0.976. The molecule has 1 aliphatic heterocycles. The summed E-state index contributed by atoms with van der Waals surface area (Å²) in [5.74, 6) is -3.45. The molecule has 0 radical (unpaired) electrons. The smallest absolute Gasteiger partial charge is 0.340 e. The highest BCUT2D eigenvalue weighted by Crippen LogP contribution is 2.07. The number of carboxylic acids is 2. The SMILES string of the molecule is O=C(O)/C=C/C(=O)O.O=C(OCOC(=O)c1ccccc1)C1=CCNCC1. The number of hydrogen-bond donors (Lipinski definition) is 3. The van der Waals surface area contributed by atoms with E-state index in [1.54, 1.807) is 36.4 Å². The molecule has 0 atom stereocenters. The summed E-state index contributed by atoms with van der Waals surface area (Å²) in [6.07, 6.45) is 3.53. The molecule has 1 aromatic carbocycles. The van der Waals surface area contributed by atoms with Crippen molar-refractivity contribution in [1.82, 2.24) is 5.32 Å². The molecule has 0 aromatic heterocycles. The van der Waals surface area contributed by atoms with Crippen molar-refractivity contribution >= 4 is 23.9 Å². The van der Waals surface area contributed by atoms with Gasteiger partial charge in [-0.3, -0.25) is 0 Å². The minimum atomic E-state index is -1.26. The lowest BCUT2D eigenvalue weighted by Crippen LogP contribution is -2.24. The van der Waals surface area contributed by atoms with Gasteiger partial charge in [-0.1, -0.05) is 24.3 Å². The first-order chi connectivity index (χ1) is 12.9. The molecule has 1 heterocycles. The molecule has 0 bridgehead atoms. The van der Waals surface area contributed by atoms with Gasteiger partial charge in [-0.25, -0.2) is 19.2 Å². The Morgan fingerprint density at radius 2 is 1.56 bits per heavy atom. The summed E-state index contributed by atoms with van der Waals surface area (Å²) in [6.45, 7) is 1.05. The molecule has 9 nitrogen and oxygen atoms in total. The lowest BCUT2D eigenvalue weighted by molar-refractivity contribution is -0.147. The Hall–Kier alpha value is -3.46. The van der Waals surface area contributed by atoms with E-state index in [4.69, 9.17) is 19.7 Å². The maximum atomic E-state index is 11.6. The second-order valence-electron chi connectivity index (χ2n) is 5.04. The van der Waals surface area contributed by atoms with E-state index in [0.29, 0.717) is 36.3 Å². The third-order valence-corrected chi connectivity index (χ3v) is 3.08. The predicted molar refractivity (Wildman–Crippen MR) is 92.8 cm³/mol. The second kappa shape index (κ2) is 12.0. The van der Waals surface area contributed by atoms with E-state index in [1.165, 1.54) is 0 Å². The maximum absolute atomic E-state index is 11.6. The fourth-order valence-electron chi connectivity index (χ4n) is 1.84. The summed E-state index contributed by atoms with van der Waals surface area (Å²) in [5, 5.41) is 18.7. The molecule has 0 unspecified atom stereocenters. The van der Waals surface area contributed by atoms with Gasteiger partial charge in [0, 0.05) is 24.3 Å². The van der Waals surface area contributed by atoms with E-state index in [0.717, 1.165) is 6.54 Å². The van der Waals surface area contributed by atoms with Crippen LogP contribution >= 0.6 is 0 Å². The van der Waals surface area contributed by atoms with Gasteiger partial charge < -0.3 is 25.0 Å². The number of hydrogen-bond acceptors (Lipinski definition) is 7. The van der Waals surface area contributed by atoms with E-state index in [-0.39, 0.29) is 6.79 Å². The zero-order valence-corrected chi connectivity index (χ0v) is 14.3. The van der Waals surface area contributed by atoms with Gasteiger partial charge in [-0.05, 0) is 25.1 Å². The molecule has 0 amide bonds. The zero-order valence-electron chi connectivity index (χ0n) is 14.3. The molecular formula is C18H19NO8. The van der Waals surface area contributed by atoms with Crippen molar-refractivity contribution in [3.63, 3.8) is 0 Å². The van der Waals surface area contributed by atoms with E-state index < -0.39 is 23.9 Å². The van der Waals surface area contributed by atoms with Gasteiger partial charge in [-0.2, -0.15) is 0 Å². The summed E-state index contributed by atoms with van der Waals surface area (Å²) >= 11 is 0. The van der Waals surface area contributed by atoms with Crippen LogP contribution < -0.4 is 5.32 Å². The Morgan fingerprint density at radius 1 is 0.963 bits per heavy atom. The average Bonchev–Trinajstić information content (AvgIpc) is 2.68. The molecule has 144 valence electrons. The molecule has 3 N–H and O–H groups in total. The van der Waals surface area contributed by atoms with Crippen LogP contribution in [-0.4, -0.2) is 54.0 Å². The van der Waals surface area contributed by atoms with Gasteiger partial charge in [0.05, 0.1) is 5.56 Å².